The van der Waals surface area contributed by atoms with Gasteiger partial charge in [0.2, 0.25) is 0 Å². The van der Waals surface area contributed by atoms with E-state index in [0.29, 0.717) is 10.7 Å². The fraction of sp³-hybridized carbons (Fsp3) is 0.0952. The smallest absolute Gasteiger partial charge is 0.337 e. The molecular formula is C21H17Cl2N3O3. The Hall–Kier alpha value is -3.09. The Bertz CT molecular complexity index is 1140. The van der Waals surface area contributed by atoms with Crippen molar-refractivity contribution in [1.29, 1.82) is 0 Å². The molecule has 0 aliphatic rings. The number of nitrogens with one attached hydrogen (secondary N) is 1. The number of carboxylic acid groups (broad SMARTS) is 1. The average Bonchev–Trinajstić information content (AvgIpc) is 2.95. The number of benzene rings is 2. The van der Waals surface area contributed by atoms with Crippen LogP contribution >= 0.6 is 23.2 Å². The highest BCUT2D eigenvalue weighted by molar-refractivity contribution is 6.36. The molecule has 0 aliphatic carbocycles. The van der Waals surface area contributed by atoms with Crippen LogP contribution in [0, 0.1) is 13.8 Å². The molecule has 0 atom stereocenters. The lowest BCUT2D eigenvalue weighted by Gasteiger charge is -2.12. The van der Waals surface area contributed by atoms with Gasteiger partial charge in [-0.2, -0.15) is 5.10 Å². The molecule has 1 aromatic heterocycles. The predicted molar refractivity (Wildman–Crippen MR) is 114 cm³/mol. The molecule has 3 aromatic rings. The first kappa shape index (κ1) is 20.6. The number of halogens is 2. The molecule has 2 N–H and O–H groups in total. The van der Waals surface area contributed by atoms with Crippen LogP contribution in [0.15, 0.2) is 53.6 Å². The molecule has 148 valence electrons. The minimum absolute atomic E-state index is 0.198. The summed E-state index contributed by atoms with van der Waals surface area (Å²) in [6.45, 7) is 3.72. The van der Waals surface area contributed by atoms with Crippen LogP contribution in [-0.4, -0.2) is 27.8 Å². The van der Waals surface area contributed by atoms with E-state index in [1.54, 1.807) is 30.3 Å². The van der Waals surface area contributed by atoms with Crippen LogP contribution in [0.1, 0.15) is 37.7 Å². The topological polar surface area (TPSA) is 83.7 Å². The minimum atomic E-state index is -1.00. The number of carboxylic acids is 1. The van der Waals surface area contributed by atoms with E-state index >= 15 is 0 Å². The number of hydrogen-bond donors (Lipinski definition) is 2. The lowest BCUT2D eigenvalue weighted by molar-refractivity contribution is 0.0696. The van der Waals surface area contributed by atoms with Crippen molar-refractivity contribution in [3.05, 3.63) is 86.7 Å². The lowest BCUT2D eigenvalue weighted by atomic mass is 10.1. The molecule has 0 unspecified atom stereocenters. The number of carbonyl (C=O) groups is 2. The molecule has 0 radical (unpaired) electrons. The molecule has 0 aliphatic heterocycles. The molecule has 29 heavy (non-hydrogen) atoms. The van der Waals surface area contributed by atoms with Gasteiger partial charge >= 0.3 is 5.97 Å². The Kier molecular flexibility index (Phi) is 6.06. The van der Waals surface area contributed by atoms with Gasteiger partial charge in [0.25, 0.3) is 5.91 Å². The summed E-state index contributed by atoms with van der Waals surface area (Å²) in [4.78, 5) is 23.8. The summed E-state index contributed by atoms with van der Waals surface area (Å²) in [5, 5.41) is 14.1. The van der Waals surface area contributed by atoms with Gasteiger partial charge < -0.3 is 9.67 Å². The highest BCUT2D eigenvalue weighted by Gasteiger charge is 2.16. The number of hydrazone groups is 1. The van der Waals surface area contributed by atoms with Gasteiger partial charge in [0.1, 0.15) is 0 Å². The van der Waals surface area contributed by atoms with Crippen molar-refractivity contribution < 1.29 is 14.7 Å². The van der Waals surface area contributed by atoms with Gasteiger partial charge in [0.15, 0.2) is 0 Å². The number of carbonyl (C=O) groups excluding carboxylic acids is 1. The number of amides is 1. The van der Waals surface area contributed by atoms with Crippen molar-refractivity contribution in [3.8, 4) is 5.69 Å². The maximum absolute atomic E-state index is 12.2. The third-order valence-corrected chi connectivity index (χ3v) is 4.94. The zero-order valence-electron chi connectivity index (χ0n) is 15.6. The summed E-state index contributed by atoms with van der Waals surface area (Å²) in [5.41, 5.74) is 5.82. The molecule has 2 aromatic carbocycles. The molecule has 6 nitrogen and oxygen atoms in total. The summed E-state index contributed by atoms with van der Waals surface area (Å²) in [7, 11) is 0. The van der Waals surface area contributed by atoms with E-state index in [-0.39, 0.29) is 16.1 Å². The maximum atomic E-state index is 12.2. The van der Waals surface area contributed by atoms with E-state index in [9.17, 15) is 14.7 Å². The first-order valence-corrected chi connectivity index (χ1v) is 9.35. The van der Waals surface area contributed by atoms with Gasteiger partial charge in [-0.05, 0) is 50.2 Å². The van der Waals surface area contributed by atoms with Crippen molar-refractivity contribution in [1.82, 2.24) is 9.99 Å². The summed E-state index contributed by atoms with van der Waals surface area (Å²) >= 11 is 11.9. The molecule has 0 saturated heterocycles. The number of para-hydroxylation sites is 1. The van der Waals surface area contributed by atoms with Crippen molar-refractivity contribution in [2.45, 2.75) is 13.8 Å². The van der Waals surface area contributed by atoms with Gasteiger partial charge in [0, 0.05) is 22.0 Å². The number of hydrogen-bond acceptors (Lipinski definition) is 3. The van der Waals surface area contributed by atoms with Crippen LogP contribution < -0.4 is 5.43 Å². The minimum Gasteiger partial charge on any atom is -0.478 e. The van der Waals surface area contributed by atoms with Gasteiger partial charge in [-0.1, -0.05) is 35.3 Å². The summed E-state index contributed by atoms with van der Waals surface area (Å²) in [5.74, 6) is -1.47. The Labute approximate surface area is 177 Å². The molecule has 3 rings (SSSR count). The lowest BCUT2D eigenvalue weighted by Crippen LogP contribution is -2.18. The second-order valence-corrected chi connectivity index (χ2v) is 7.15. The van der Waals surface area contributed by atoms with Gasteiger partial charge in [-0.25, -0.2) is 10.2 Å². The third-order valence-electron chi connectivity index (χ3n) is 4.39. The second-order valence-electron chi connectivity index (χ2n) is 6.31. The number of aromatic carboxylic acids is 1. The largest absolute Gasteiger partial charge is 0.478 e. The van der Waals surface area contributed by atoms with E-state index < -0.39 is 11.9 Å². The highest BCUT2D eigenvalue weighted by atomic mass is 35.5. The predicted octanol–water partition coefficient (Wildman–Crippen LogP) is 4.86. The Morgan fingerprint density at radius 2 is 1.79 bits per heavy atom. The first-order chi connectivity index (χ1) is 13.8. The molecule has 1 heterocycles. The van der Waals surface area contributed by atoms with Crippen molar-refractivity contribution in [2.24, 2.45) is 5.10 Å². The van der Waals surface area contributed by atoms with Crippen molar-refractivity contribution in [2.75, 3.05) is 0 Å². The van der Waals surface area contributed by atoms with Crippen LogP contribution in [0.3, 0.4) is 0 Å². The summed E-state index contributed by atoms with van der Waals surface area (Å²) in [6.07, 6.45) is 1.50. The molecule has 1 amide bonds. The van der Waals surface area contributed by atoms with E-state index in [1.165, 1.54) is 18.3 Å². The van der Waals surface area contributed by atoms with Gasteiger partial charge in [-0.3, -0.25) is 4.79 Å². The van der Waals surface area contributed by atoms with Crippen molar-refractivity contribution >= 4 is 41.3 Å². The molecule has 8 heteroatoms. The van der Waals surface area contributed by atoms with Crippen LogP contribution in [-0.2, 0) is 0 Å². The molecule has 0 fully saturated rings. The number of rotatable bonds is 5. The quantitative estimate of drug-likeness (QED) is 0.448. The SMILES string of the molecule is Cc1cc(/C=N\NC(=O)c2ccc(Cl)cc2Cl)c(C)n1-c1ccccc1C(=O)O. The zero-order chi connectivity index (χ0) is 21.1. The Morgan fingerprint density at radius 3 is 2.48 bits per heavy atom. The van der Waals surface area contributed by atoms with Crippen molar-refractivity contribution in [3.63, 3.8) is 0 Å². The van der Waals surface area contributed by atoms with E-state index in [0.717, 1.165) is 17.0 Å². The molecule has 0 bridgehead atoms. The standard InChI is InChI=1S/C21H17Cl2N3O3/c1-12-9-14(11-24-25-20(27)16-8-7-15(22)10-18(16)23)13(2)26(12)19-6-4-3-5-17(19)21(28)29/h3-11H,1-2H3,(H,25,27)(H,28,29)/b24-11-. The van der Waals surface area contributed by atoms with E-state index in [4.69, 9.17) is 23.2 Å². The monoisotopic (exact) mass is 429 g/mol. The van der Waals surface area contributed by atoms with E-state index in [2.05, 4.69) is 10.5 Å². The number of nitrogens with zero attached hydrogens (tertiary/aromatic N) is 2. The third kappa shape index (κ3) is 4.34. The van der Waals surface area contributed by atoms with Crippen LogP contribution in [0.25, 0.3) is 5.69 Å². The van der Waals surface area contributed by atoms with Crippen LogP contribution in [0.5, 0.6) is 0 Å². The fourth-order valence-electron chi connectivity index (χ4n) is 3.03. The second kappa shape index (κ2) is 8.51. The first-order valence-electron chi connectivity index (χ1n) is 8.59. The Morgan fingerprint density at radius 1 is 1.07 bits per heavy atom. The normalized spacial score (nSPS) is 11.0. The highest BCUT2D eigenvalue weighted by Crippen LogP contribution is 2.23. The van der Waals surface area contributed by atoms with Crippen LogP contribution in [0.4, 0.5) is 0 Å². The number of aromatic nitrogens is 1. The number of aryl methyl sites for hydroxylation is 1. The van der Waals surface area contributed by atoms with Crippen LogP contribution in [0.2, 0.25) is 10.0 Å². The zero-order valence-corrected chi connectivity index (χ0v) is 17.1. The molecular weight excluding hydrogens is 413 g/mol. The fourth-order valence-corrected chi connectivity index (χ4v) is 3.53. The van der Waals surface area contributed by atoms with Gasteiger partial charge in [0.05, 0.1) is 28.1 Å². The van der Waals surface area contributed by atoms with E-state index in [1.807, 2.05) is 24.5 Å². The average molecular weight is 430 g/mol. The summed E-state index contributed by atoms with van der Waals surface area (Å²) in [6, 6.07) is 13.2. The molecule has 0 spiro atoms. The molecule has 0 saturated carbocycles. The van der Waals surface area contributed by atoms with Gasteiger partial charge in [-0.15, -0.1) is 0 Å². The summed E-state index contributed by atoms with van der Waals surface area (Å²) < 4.78 is 1.84. The Balaban J connectivity index is 1.86. The maximum Gasteiger partial charge on any atom is 0.337 e.